The topological polar surface area (TPSA) is 26.3 Å². The normalized spacial score (nSPS) is 17.7. The van der Waals surface area contributed by atoms with Crippen molar-refractivity contribution < 1.29 is 9.53 Å². The molecule has 0 radical (unpaired) electrons. The van der Waals surface area contributed by atoms with Gasteiger partial charge in [-0.1, -0.05) is 24.8 Å². The number of ether oxygens (including phenoxy) is 1. The molecular formula is C13H22O2. The van der Waals surface area contributed by atoms with Crippen molar-refractivity contribution in [2.75, 3.05) is 13.2 Å². The van der Waals surface area contributed by atoms with E-state index < -0.39 is 0 Å². The largest absolute Gasteiger partial charge is 0.373 e. The second-order valence-corrected chi connectivity index (χ2v) is 4.56. The molecule has 0 aromatic carbocycles. The Morgan fingerprint density at radius 1 is 1.33 bits per heavy atom. The Labute approximate surface area is 92.7 Å². The molecule has 0 spiro atoms. The Morgan fingerprint density at radius 2 is 2.00 bits per heavy atom. The fourth-order valence-electron chi connectivity index (χ4n) is 1.96. The first kappa shape index (κ1) is 12.4. The van der Waals surface area contributed by atoms with Gasteiger partial charge in [-0.2, -0.15) is 0 Å². The summed E-state index contributed by atoms with van der Waals surface area (Å²) in [6.07, 6.45) is 6.72. The first-order chi connectivity index (χ1) is 7.20. The minimum atomic E-state index is 0.281. The zero-order chi connectivity index (χ0) is 11.1. The summed E-state index contributed by atoms with van der Waals surface area (Å²) in [7, 11) is 0. The number of rotatable bonds is 6. The van der Waals surface area contributed by atoms with Crippen LogP contribution in [0.1, 0.15) is 45.4 Å². The maximum atomic E-state index is 11.7. The van der Waals surface area contributed by atoms with Crippen LogP contribution in [0.5, 0.6) is 0 Å². The van der Waals surface area contributed by atoms with E-state index in [1.807, 2.05) is 6.92 Å². The molecule has 2 heteroatoms. The average Bonchev–Trinajstić information content (AvgIpc) is 2.25. The van der Waals surface area contributed by atoms with Crippen LogP contribution in [-0.2, 0) is 9.53 Å². The number of carbonyl (C=O) groups is 1. The SMILES string of the molecule is C=C(C)CCOCC(=O)C1CCCCC1. The highest BCUT2D eigenvalue weighted by Crippen LogP contribution is 2.24. The monoisotopic (exact) mass is 210 g/mol. The van der Waals surface area contributed by atoms with E-state index in [2.05, 4.69) is 6.58 Å². The molecule has 0 N–H and O–H groups in total. The maximum absolute atomic E-state index is 11.7. The van der Waals surface area contributed by atoms with Crippen LogP contribution in [0.25, 0.3) is 0 Å². The summed E-state index contributed by atoms with van der Waals surface area (Å²) in [4.78, 5) is 11.7. The van der Waals surface area contributed by atoms with Crippen molar-refractivity contribution in [3.8, 4) is 0 Å². The van der Waals surface area contributed by atoms with Crippen molar-refractivity contribution in [3.63, 3.8) is 0 Å². The number of hydrogen-bond acceptors (Lipinski definition) is 2. The van der Waals surface area contributed by atoms with Gasteiger partial charge in [-0.05, 0) is 26.2 Å². The van der Waals surface area contributed by atoms with Crippen LogP contribution in [0.2, 0.25) is 0 Å². The lowest BCUT2D eigenvalue weighted by Gasteiger charge is -2.20. The van der Waals surface area contributed by atoms with Crippen molar-refractivity contribution in [2.45, 2.75) is 45.4 Å². The Hall–Kier alpha value is -0.630. The molecule has 0 atom stereocenters. The Balaban J connectivity index is 2.09. The minimum Gasteiger partial charge on any atom is -0.373 e. The van der Waals surface area contributed by atoms with E-state index in [9.17, 15) is 4.79 Å². The quantitative estimate of drug-likeness (QED) is 0.497. The third kappa shape index (κ3) is 5.12. The van der Waals surface area contributed by atoms with Gasteiger partial charge in [0.25, 0.3) is 0 Å². The zero-order valence-electron chi connectivity index (χ0n) is 9.76. The van der Waals surface area contributed by atoms with Crippen LogP contribution >= 0.6 is 0 Å². The molecule has 0 bridgehead atoms. The number of carbonyl (C=O) groups excluding carboxylic acids is 1. The molecule has 86 valence electrons. The Bertz CT molecular complexity index is 215. The van der Waals surface area contributed by atoms with E-state index in [0.717, 1.165) is 24.8 Å². The molecule has 1 rings (SSSR count). The van der Waals surface area contributed by atoms with Crippen molar-refractivity contribution in [1.82, 2.24) is 0 Å². The maximum Gasteiger partial charge on any atom is 0.161 e. The summed E-state index contributed by atoms with van der Waals surface area (Å²) in [6.45, 7) is 6.71. The van der Waals surface area contributed by atoms with Gasteiger partial charge in [0.2, 0.25) is 0 Å². The summed E-state index contributed by atoms with van der Waals surface area (Å²) >= 11 is 0. The van der Waals surface area contributed by atoms with Gasteiger partial charge in [-0.3, -0.25) is 4.79 Å². The Kier molecular flexibility index (Phi) is 5.62. The molecule has 0 heterocycles. The van der Waals surface area contributed by atoms with Crippen LogP contribution in [0.15, 0.2) is 12.2 Å². The molecule has 2 nitrogen and oxygen atoms in total. The van der Waals surface area contributed by atoms with Crippen LogP contribution in [0.3, 0.4) is 0 Å². The van der Waals surface area contributed by atoms with Crippen molar-refractivity contribution in [3.05, 3.63) is 12.2 Å². The van der Waals surface area contributed by atoms with E-state index >= 15 is 0 Å². The van der Waals surface area contributed by atoms with Gasteiger partial charge in [-0.15, -0.1) is 6.58 Å². The van der Waals surface area contributed by atoms with Gasteiger partial charge in [0.15, 0.2) is 5.78 Å². The van der Waals surface area contributed by atoms with E-state index in [1.54, 1.807) is 0 Å². The number of ketones is 1. The average molecular weight is 210 g/mol. The van der Waals surface area contributed by atoms with Gasteiger partial charge >= 0.3 is 0 Å². The third-order valence-corrected chi connectivity index (χ3v) is 2.98. The lowest BCUT2D eigenvalue weighted by atomic mass is 9.86. The second-order valence-electron chi connectivity index (χ2n) is 4.56. The molecule has 1 fully saturated rings. The number of Topliss-reactive ketones (excluding diaryl/α,β-unsaturated/α-hetero) is 1. The number of hydrogen-bond donors (Lipinski definition) is 0. The second kappa shape index (κ2) is 6.78. The first-order valence-electron chi connectivity index (χ1n) is 5.95. The van der Waals surface area contributed by atoms with Crippen molar-refractivity contribution in [2.24, 2.45) is 5.92 Å². The zero-order valence-corrected chi connectivity index (χ0v) is 9.76. The van der Waals surface area contributed by atoms with Gasteiger partial charge < -0.3 is 4.74 Å². The van der Waals surface area contributed by atoms with Gasteiger partial charge in [0.1, 0.15) is 6.61 Å². The summed E-state index contributed by atoms with van der Waals surface area (Å²) < 4.78 is 5.35. The molecule has 0 amide bonds. The van der Waals surface area contributed by atoms with Crippen LogP contribution in [0, 0.1) is 5.92 Å². The molecule has 0 unspecified atom stereocenters. The fourth-order valence-corrected chi connectivity index (χ4v) is 1.96. The third-order valence-electron chi connectivity index (χ3n) is 2.98. The molecule has 15 heavy (non-hydrogen) atoms. The molecule has 0 aromatic rings. The Morgan fingerprint density at radius 3 is 2.60 bits per heavy atom. The highest BCUT2D eigenvalue weighted by atomic mass is 16.5. The highest BCUT2D eigenvalue weighted by molar-refractivity contribution is 5.82. The van der Waals surface area contributed by atoms with Crippen LogP contribution in [0.4, 0.5) is 0 Å². The van der Waals surface area contributed by atoms with Crippen LogP contribution in [-0.4, -0.2) is 19.0 Å². The molecule has 1 aliphatic rings. The van der Waals surface area contributed by atoms with Crippen molar-refractivity contribution in [1.29, 1.82) is 0 Å². The standard InChI is InChI=1S/C13H22O2/c1-11(2)8-9-15-10-13(14)12-6-4-3-5-7-12/h12H,1,3-10H2,2H3. The summed E-state index contributed by atoms with van der Waals surface area (Å²) in [5, 5.41) is 0. The molecule has 0 saturated heterocycles. The van der Waals surface area contributed by atoms with E-state index in [1.165, 1.54) is 19.3 Å². The predicted octanol–water partition coefficient (Wildman–Crippen LogP) is 3.12. The summed E-state index contributed by atoms with van der Waals surface area (Å²) in [5.41, 5.74) is 1.11. The van der Waals surface area contributed by atoms with E-state index in [0.29, 0.717) is 19.0 Å². The molecule has 1 aliphatic carbocycles. The molecular weight excluding hydrogens is 188 g/mol. The molecule has 0 aliphatic heterocycles. The highest BCUT2D eigenvalue weighted by Gasteiger charge is 2.20. The first-order valence-corrected chi connectivity index (χ1v) is 5.95. The predicted molar refractivity (Wildman–Crippen MR) is 61.8 cm³/mol. The lowest BCUT2D eigenvalue weighted by molar-refractivity contribution is -0.128. The van der Waals surface area contributed by atoms with E-state index in [-0.39, 0.29) is 5.92 Å². The summed E-state index contributed by atoms with van der Waals surface area (Å²) in [6, 6.07) is 0. The summed E-state index contributed by atoms with van der Waals surface area (Å²) in [5.74, 6) is 0.583. The van der Waals surface area contributed by atoms with Gasteiger partial charge in [0.05, 0.1) is 6.61 Å². The fraction of sp³-hybridized carbons (Fsp3) is 0.769. The van der Waals surface area contributed by atoms with Gasteiger partial charge in [-0.25, -0.2) is 0 Å². The smallest absolute Gasteiger partial charge is 0.161 e. The van der Waals surface area contributed by atoms with E-state index in [4.69, 9.17) is 4.74 Å². The molecule has 1 saturated carbocycles. The van der Waals surface area contributed by atoms with Gasteiger partial charge in [0, 0.05) is 5.92 Å². The molecule has 0 aromatic heterocycles. The minimum absolute atomic E-state index is 0.281. The lowest BCUT2D eigenvalue weighted by Crippen LogP contribution is -2.22. The van der Waals surface area contributed by atoms with Crippen molar-refractivity contribution >= 4 is 5.78 Å². The van der Waals surface area contributed by atoms with Crippen LogP contribution < -0.4 is 0 Å².